The fourth-order valence-electron chi connectivity index (χ4n) is 9.66. The highest BCUT2D eigenvalue weighted by atomic mass is 16.3. The number of amides is 10. The van der Waals surface area contributed by atoms with Crippen molar-refractivity contribution in [1.82, 2.24) is 57.7 Å². The van der Waals surface area contributed by atoms with Crippen LogP contribution in [0.1, 0.15) is 189 Å². The number of allylic oxidation sites excluding steroid dienone is 1. The number of nitrogens with one attached hydrogen (secondary N) is 9. The quantitative estimate of drug-likeness (QED) is 0.0400. The number of ketones is 1. The molecular weight excluding hydrogens is 1090 g/mol. The molecule has 1 heterocycles. The molecule has 1 aliphatic rings. The van der Waals surface area contributed by atoms with Gasteiger partial charge in [0.1, 0.15) is 52.6 Å². The van der Waals surface area contributed by atoms with Crippen LogP contribution in [0.15, 0.2) is 12.2 Å². The Morgan fingerprint density at radius 3 is 1.71 bits per heavy atom. The third kappa shape index (κ3) is 27.5. The predicted molar refractivity (Wildman–Crippen MR) is 329 cm³/mol. The molecule has 1 aliphatic heterocycles. The summed E-state index contributed by atoms with van der Waals surface area (Å²) in [6.07, 6.45) is 5.10. The molecule has 0 unspecified atom stereocenters. The third-order valence-corrected chi connectivity index (χ3v) is 15.1. The number of likely N-dealkylation sites (tertiary alicyclic amines) is 1. The molecule has 1 rings (SSSR count). The number of hydrogen-bond donors (Lipinski definition) is 10. The van der Waals surface area contributed by atoms with Gasteiger partial charge in [0.05, 0.1) is 6.10 Å². The Balaban J connectivity index is 3.41. The lowest BCUT2D eigenvalue weighted by Crippen LogP contribution is -2.66. The van der Waals surface area contributed by atoms with Gasteiger partial charge in [0.25, 0.3) is 0 Å². The second-order valence-corrected chi connectivity index (χ2v) is 26.9. The summed E-state index contributed by atoms with van der Waals surface area (Å²) >= 11 is 0. The molecule has 0 aromatic heterocycles. The number of carbonyl (C=O) groups is 11. The highest BCUT2D eigenvalue weighted by Gasteiger charge is 2.43. The molecule has 0 saturated carbocycles. The molecule has 10 amide bonds. The molecule has 10 N–H and O–H groups in total. The molecule has 486 valence electrons. The van der Waals surface area contributed by atoms with E-state index in [1.54, 1.807) is 26.8 Å². The lowest BCUT2D eigenvalue weighted by atomic mass is 9.93. The topological polar surface area (TPSA) is 323 Å². The summed E-state index contributed by atoms with van der Waals surface area (Å²) in [5, 5.41) is 36.2. The Bertz CT molecular complexity index is 2300. The molecule has 1 fully saturated rings. The van der Waals surface area contributed by atoms with Crippen LogP contribution in [0.3, 0.4) is 0 Å². The number of hydrogen-bond acceptors (Lipinski definition) is 13. The molecule has 0 spiro atoms. The van der Waals surface area contributed by atoms with Crippen molar-refractivity contribution in [3.05, 3.63) is 12.2 Å². The van der Waals surface area contributed by atoms with Crippen molar-refractivity contribution < 1.29 is 57.8 Å². The summed E-state index contributed by atoms with van der Waals surface area (Å²) < 4.78 is 0. The van der Waals surface area contributed by atoms with Crippen molar-refractivity contribution >= 4 is 64.9 Å². The van der Waals surface area contributed by atoms with E-state index < -0.39 is 106 Å². The summed E-state index contributed by atoms with van der Waals surface area (Å²) in [6, 6.07) is -6.34. The molecule has 1 saturated heterocycles. The molecule has 0 radical (unpaired) electrons. The van der Waals surface area contributed by atoms with Gasteiger partial charge in [-0.05, 0) is 136 Å². The van der Waals surface area contributed by atoms with Gasteiger partial charge in [0.2, 0.25) is 59.1 Å². The van der Waals surface area contributed by atoms with E-state index in [1.807, 2.05) is 81.3 Å². The first-order chi connectivity index (χ1) is 39.2. The Hall–Kier alpha value is -5.97. The molecular formula is C62H111N11O12. The van der Waals surface area contributed by atoms with E-state index in [4.69, 9.17) is 0 Å². The van der Waals surface area contributed by atoms with Crippen LogP contribution in [0.25, 0.3) is 0 Å². The maximum Gasteiger partial charge on any atom is 0.246 e. The van der Waals surface area contributed by atoms with Crippen molar-refractivity contribution in [3.8, 4) is 0 Å². The van der Waals surface area contributed by atoms with E-state index in [9.17, 15) is 57.8 Å². The van der Waals surface area contributed by atoms with Gasteiger partial charge in [0, 0.05) is 44.9 Å². The van der Waals surface area contributed by atoms with Crippen molar-refractivity contribution in [2.24, 2.45) is 35.5 Å². The van der Waals surface area contributed by atoms with E-state index in [2.05, 4.69) is 47.9 Å². The van der Waals surface area contributed by atoms with Gasteiger partial charge in [-0.25, -0.2) is 0 Å². The summed E-state index contributed by atoms with van der Waals surface area (Å²) in [5.41, 5.74) is -4.88. The standard InChI is InChI=1S/C62H111N11O12/c1-21-39(9)26-27-49(76)73-34-41(11)33-47(73)55(81)66-46(32-40(10)24-23-25-43(74)22-2)53(79)68-50(51(77)38(7)8)56(82)70-61(15,16)58(84)67-44(30-36(3)4)52(78)65-45(31-37(5)6)54(80)69-62(17,18)59(85)71-60(13,14)57(83)63-29-28-48(75)64-42(12)35-72(19)20/h26-27,36-42,44-47,50-51,77H,21-25,28-35H2,1-20H3,(H,63,83)(H,64,75)(H,65,78)(H,66,81)(H,67,84)(H,68,79)(H,69,80)(H,70,82)(H,71,85)/b27-26+/t39-,40+,41-,42-,44-,45-,46-,47-,50-,51+/m0/s1. The van der Waals surface area contributed by atoms with Crippen LogP contribution in [0.5, 0.6) is 0 Å². The van der Waals surface area contributed by atoms with Crippen LogP contribution in [-0.4, -0.2) is 172 Å². The summed E-state index contributed by atoms with van der Waals surface area (Å²) in [4.78, 5) is 154. The molecule has 0 aromatic rings. The summed E-state index contributed by atoms with van der Waals surface area (Å²) in [6.45, 7) is 31.6. The van der Waals surface area contributed by atoms with Crippen LogP contribution >= 0.6 is 0 Å². The minimum absolute atomic E-state index is 0.0122. The van der Waals surface area contributed by atoms with Gasteiger partial charge < -0.3 is 62.8 Å². The number of likely N-dealkylation sites (N-methyl/N-ethyl adjacent to an activating group) is 1. The summed E-state index contributed by atoms with van der Waals surface area (Å²) in [5.74, 6) is -7.31. The Morgan fingerprint density at radius 1 is 0.635 bits per heavy atom. The zero-order valence-corrected chi connectivity index (χ0v) is 55.2. The van der Waals surface area contributed by atoms with Crippen LogP contribution < -0.4 is 47.9 Å². The number of Topliss-reactive ketones (excluding diaryl/α,β-unsaturated/α-hetero) is 1. The maximum absolute atomic E-state index is 14.5. The minimum Gasteiger partial charge on any atom is -0.390 e. The average Bonchev–Trinajstić information content (AvgIpc) is 3.42. The molecule has 10 atom stereocenters. The van der Waals surface area contributed by atoms with Gasteiger partial charge >= 0.3 is 0 Å². The van der Waals surface area contributed by atoms with Gasteiger partial charge in [0.15, 0.2) is 0 Å². The first-order valence-corrected chi connectivity index (χ1v) is 30.8. The van der Waals surface area contributed by atoms with Crippen molar-refractivity contribution in [2.75, 3.05) is 33.7 Å². The SMILES string of the molecule is CCC(=O)CCC[C@@H](C)C[C@H](NC(=O)[C@@H]1C[C@H](C)CN1C(=O)/C=C/[C@@H](C)CC)C(=O)N[C@H](C(=O)NC(C)(C)C(=O)N[C@@H](CC(C)C)C(=O)N[C@@H](CC(C)C)C(=O)NC(C)(C)C(=O)NC(C)(C)C(=O)NCCC(=O)N[C@@H](C)CN(C)C)[C@H](O)C(C)C. The average molecular weight is 1200 g/mol. The first kappa shape index (κ1) is 77.0. The molecule has 0 aliphatic carbocycles. The highest BCUT2D eigenvalue weighted by molar-refractivity contribution is 6.00. The van der Waals surface area contributed by atoms with Crippen LogP contribution in [0, 0.1) is 35.5 Å². The number of carbonyl (C=O) groups excluding carboxylic acids is 11. The normalized spacial score (nSPS) is 17.7. The number of aliphatic hydroxyl groups excluding tert-OH is 1. The fraction of sp³-hybridized carbons (Fsp3) is 0.790. The molecule has 23 heteroatoms. The molecule has 0 aromatic carbocycles. The second kappa shape index (κ2) is 35.6. The van der Waals surface area contributed by atoms with Gasteiger partial charge in [-0.15, -0.1) is 0 Å². The maximum atomic E-state index is 14.5. The van der Waals surface area contributed by atoms with Crippen molar-refractivity contribution in [2.45, 2.75) is 248 Å². The Morgan fingerprint density at radius 2 is 1.16 bits per heavy atom. The van der Waals surface area contributed by atoms with E-state index in [0.717, 1.165) is 6.42 Å². The minimum atomic E-state index is -1.79. The number of aliphatic hydroxyl groups is 1. The van der Waals surface area contributed by atoms with E-state index >= 15 is 0 Å². The van der Waals surface area contributed by atoms with Crippen molar-refractivity contribution in [1.29, 1.82) is 0 Å². The van der Waals surface area contributed by atoms with E-state index in [-0.39, 0.29) is 85.5 Å². The first-order valence-electron chi connectivity index (χ1n) is 30.8. The number of rotatable bonds is 37. The molecule has 0 bridgehead atoms. The van der Waals surface area contributed by atoms with E-state index in [0.29, 0.717) is 45.2 Å². The predicted octanol–water partition coefficient (Wildman–Crippen LogP) is 3.31. The smallest absolute Gasteiger partial charge is 0.246 e. The zero-order valence-electron chi connectivity index (χ0n) is 55.2. The van der Waals surface area contributed by atoms with Crippen LogP contribution in [0.4, 0.5) is 0 Å². The second-order valence-electron chi connectivity index (χ2n) is 26.9. The molecule has 23 nitrogen and oxygen atoms in total. The monoisotopic (exact) mass is 1200 g/mol. The van der Waals surface area contributed by atoms with Crippen LogP contribution in [0.2, 0.25) is 0 Å². The van der Waals surface area contributed by atoms with Crippen molar-refractivity contribution in [3.63, 3.8) is 0 Å². The Kier molecular flexibility index (Phi) is 32.3. The lowest BCUT2D eigenvalue weighted by Gasteiger charge is -2.34. The fourth-order valence-corrected chi connectivity index (χ4v) is 9.66. The Labute approximate surface area is 507 Å². The zero-order chi connectivity index (χ0) is 65.5. The van der Waals surface area contributed by atoms with Gasteiger partial charge in [-0.2, -0.15) is 0 Å². The van der Waals surface area contributed by atoms with Gasteiger partial charge in [-0.1, -0.05) is 95.1 Å². The largest absolute Gasteiger partial charge is 0.390 e. The molecule has 85 heavy (non-hydrogen) atoms. The van der Waals surface area contributed by atoms with Crippen LogP contribution in [-0.2, 0) is 52.7 Å². The summed E-state index contributed by atoms with van der Waals surface area (Å²) in [7, 11) is 3.78. The third-order valence-electron chi connectivity index (χ3n) is 15.1. The highest BCUT2D eigenvalue weighted by Crippen LogP contribution is 2.25. The lowest BCUT2D eigenvalue weighted by molar-refractivity contribution is -0.140. The number of nitrogens with zero attached hydrogens (tertiary/aromatic N) is 2. The van der Waals surface area contributed by atoms with E-state index in [1.165, 1.54) is 52.5 Å². The van der Waals surface area contributed by atoms with Gasteiger partial charge in [-0.3, -0.25) is 52.7 Å².